The summed E-state index contributed by atoms with van der Waals surface area (Å²) in [5, 5.41) is 0. The molecule has 6 heteroatoms. The van der Waals surface area contributed by atoms with Gasteiger partial charge in [0.25, 0.3) is 5.56 Å². The van der Waals surface area contributed by atoms with Crippen molar-refractivity contribution in [3.05, 3.63) is 38.9 Å². The van der Waals surface area contributed by atoms with Crippen LogP contribution in [0.2, 0.25) is 0 Å². The van der Waals surface area contributed by atoms with Crippen LogP contribution >= 0.6 is 15.9 Å². The highest BCUT2D eigenvalue weighted by atomic mass is 79.9. The van der Waals surface area contributed by atoms with Gasteiger partial charge in [-0.1, -0.05) is 13.3 Å². The number of aromatic amines is 1. The second kappa shape index (κ2) is 5.97. The van der Waals surface area contributed by atoms with Gasteiger partial charge in [0.05, 0.1) is 12.8 Å². The lowest BCUT2D eigenvalue weighted by atomic mass is 10.2. The first-order chi connectivity index (χ1) is 9.15. The standard InChI is InChI=1S/C13H14BrN3O2/c1-3-4-9-11(14)13(18)17-12(16-9)8-5-6-10(19-2)15-7-8/h5-7H,3-4H2,1-2H3,(H,16,17,18). The molecule has 0 saturated heterocycles. The molecule has 19 heavy (non-hydrogen) atoms. The monoisotopic (exact) mass is 323 g/mol. The number of hydrogen-bond acceptors (Lipinski definition) is 4. The Bertz CT molecular complexity index is 623. The summed E-state index contributed by atoms with van der Waals surface area (Å²) in [5.74, 6) is 1.05. The number of nitrogens with one attached hydrogen (secondary N) is 1. The first kappa shape index (κ1) is 13.7. The van der Waals surface area contributed by atoms with E-state index in [1.165, 1.54) is 0 Å². The molecule has 0 radical (unpaired) electrons. The van der Waals surface area contributed by atoms with E-state index in [9.17, 15) is 4.79 Å². The zero-order chi connectivity index (χ0) is 13.8. The van der Waals surface area contributed by atoms with Crippen LogP contribution in [-0.2, 0) is 6.42 Å². The minimum atomic E-state index is -0.177. The molecule has 0 aliphatic rings. The number of nitrogens with zero attached hydrogens (tertiary/aromatic N) is 2. The fraction of sp³-hybridized carbons (Fsp3) is 0.308. The van der Waals surface area contributed by atoms with E-state index in [4.69, 9.17) is 4.74 Å². The lowest BCUT2D eigenvalue weighted by molar-refractivity contribution is 0.398. The van der Waals surface area contributed by atoms with Crippen molar-refractivity contribution in [2.45, 2.75) is 19.8 Å². The van der Waals surface area contributed by atoms with Crippen LogP contribution in [0.1, 0.15) is 19.0 Å². The van der Waals surface area contributed by atoms with E-state index < -0.39 is 0 Å². The number of aromatic nitrogens is 3. The number of hydrogen-bond donors (Lipinski definition) is 1. The first-order valence-electron chi connectivity index (χ1n) is 5.94. The molecular weight excluding hydrogens is 310 g/mol. The van der Waals surface area contributed by atoms with E-state index >= 15 is 0 Å². The number of methoxy groups -OCH3 is 1. The minimum absolute atomic E-state index is 0.177. The number of aryl methyl sites for hydroxylation is 1. The van der Waals surface area contributed by atoms with Crippen molar-refractivity contribution in [2.75, 3.05) is 7.11 Å². The van der Waals surface area contributed by atoms with Crippen LogP contribution in [0.4, 0.5) is 0 Å². The van der Waals surface area contributed by atoms with E-state index in [1.807, 2.05) is 13.0 Å². The van der Waals surface area contributed by atoms with Crippen LogP contribution in [0.25, 0.3) is 11.4 Å². The number of ether oxygens (including phenoxy) is 1. The minimum Gasteiger partial charge on any atom is -0.481 e. The SMILES string of the molecule is CCCc1nc(-c2ccc(OC)nc2)[nH]c(=O)c1Br. The third-order valence-electron chi connectivity index (χ3n) is 2.64. The summed E-state index contributed by atoms with van der Waals surface area (Å²) in [6.45, 7) is 2.05. The van der Waals surface area contributed by atoms with Crippen molar-refractivity contribution in [1.82, 2.24) is 15.0 Å². The Balaban J connectivity index is 2.46. The van der Waals surface area contributed by atoms with E-state index in [0.29, 0.717) is 16.2 Å². The molecule has 5 nitrogen and oxygen atoms in total. The zero-order valence-corrected chi connectivity index (χ0v) is 12.3. The Labute approximate surface area is 119 Å². The molecule has 0 bridgehead atoms. The molecule has 0 spiro atoms. The highest BCUT2D eigenvalue weighted by Crippen LogP contribution is 2.18. The van der Waals surface area contributed by atoms with Crippen molar-refractivity contribution in [1.29, 1.82) is 0 Å². The van der Waals surface area contributed by atoms with Crippen molar-refractivity contribution in [3.8, 4) is 17.3 Å². The quantitative estimate of drug-likeness (QED) is 0.938. The van der Waals surface area contributed by atoms with Gasteiger partial charge < -0.3 is 9.72 Å². The number of halogens is 1. The maximum Gasteiger partial charge on any atom is 0.265 e. The molecule has 0 unspecified atom stereocenters. The molecule has 0 saturated carbocycles. The summed E-state index contributed by atoms with van der Waals surface area (Å²) < 4.78 is 5.50. The lowest BCUT2D eigenvalue weighted by Gasteiger charge is -2.06. The molecule has 100 valence electrons. The number of rotatable bonds is 4. The first-order valence-corrected chi connectivity index (χ1v) is 6.74. The molecular formula is C13H14BrN3O2. The topological polar surface area (TPSA) is 67.9 Å². The van der Waals surface area contributed by atoms with Gasteiger partial charge in [0.15, 0.2) is 0 Å². The maximum absolute atomic E-state index is 11.8. The molecule has 0 amide bonds. The van der Waals surface area contributed by atoms with Gasteiger partial charge in [0.2, 0.25) is 5.88 Å². The molecule has 0 aliphatic heterocycles. The molecule has 1 N–H and O–H groups in total. The summed E-state index contributed by atoms with van der Waals surface area (Å²) in [6, 6.07) is 3.55. The zero-order valence-electron chi connectivity index (χ0n) is 10.7. The van der Waals surface area contributed by atoms with Gasteiger partial charge in [-0.25, -0.2) is 9.97 Å². The van der Waals surface area contributed by atoms with Gasteiger partial charge >= 0.3 is 0 Å². The Kier molecular flexibility index (Phi) is 4.31. The normalized spacial score (nSPS) is 10.5. The molecule has 2 heterocycles. The number of H-pyrrole nitrogens is 1. The summed E-state index contributed by atoms with van der Waals surface area (Å²) in [6.07, 6.45) is 3.30. The predicted octanol–water partition coefficient (Wildman–Crippen LogP) is 2.56. The lowest BCUT2D eigenvalue weighted by Crippen LogP contribution is -2.13. The fourth-order valence-corrected chi connectivity index (χ4v) is 2.07. The summed E-state index contributed by atoms with van der Waals surface area (Å²) in [4.78, 5) is 23.1. The van der Waals surface area contributed by atoms with Crippen LogP contribution in [0.15, 0.2) is 27.6 Å². The van der Waals surface area contributed by atoms with Gasteiger partial charge in [0, 0.05) is 17.8 Å². The third kappa shape index (κ3) is 3.01. The van der Waals surface area contributed by atoms with Crippen molar-refractivity contribution >= 4 is 15.9 Å². The van der Waals surface area contributed by atoms with Crippen molar-refractivity contribution in [3.63, 3.8) is 0 Å². The largest absolute Gasteiger partial charge is 0.481 e. The summed E-state index contributed by atoms with van der Waals surface area (Å²) >= 11 is 3.27. The molecule has 2 aromatic rings. The molecule has 2 rings (SSSR count). The highest BCUT2D eigenvalue weighted by molar-refractivity contribution is 9.10. The van der Waals surface area contributed by atoms with E-state index in [2.05, 4.69) is 30.9 Å². The second-order valence-corrected chi connectivity index (χ2v) is 4.81. The fourth-order valence-electron chi connectivity index (χ4n) is 1.69. The third-order valence-corrected chi connectivity index (χ3v) is 3.45. The van der Waals surface area contributed by atoms with E-state index in [0.717, 1.165) is 24.1 Å². The Hall–Kier alpha value is -1.69. The van der Waals surface area contributed by atoms with Crippen LogP contribution in [0, 0.1) is 0 Å². The average molecular weight is 324 g/mol. The summed E-state index contributed by atoms with van der Waals surface area (Å²) in [7, 11) is 1.56. The van der Waals surface area contributed by atoms with Gasteiger partial charge in [0.1, 0.15) is 10.3 Å². The van der Waals surface area contributed by atoms with Crippen LogP contribution in [-0.4, -0.2) is 22.1 Å². The van der Waals surface area contributed by atoms with Crippen molar-refractivity contribution in [2.24, 2.45) is 0 Å². The molecule has 0 fully saturated rings. The van der Waals surface area contributed by atoms with Crippen LogP contribution < -0.4 is 10.3 Å². The number of pyridine rings is 1. The summed E-state index contributed by atoms with van der Waals surface area (Å²) in [5.41, 5.74) is 1.34. The molecule has 0 aliphatic carbocycles. The highest BCUT2D eigenvalue weighted by Gasteiger charge is 2.10. The Morgan fingerprint density at radius 3 is 2.79 bits per heavy atom. The smallest absolute Gasteiger partial charge is 0.265 e. The van der Waals surface area contributed by atoms with Gasteiger partial charge in [-0.15, -0.1) is 0 Å². The van der Waals surface area contributed by atoms with Gasteiger partial charge in [-0.3, -0.25) is 4.79 Å². The molecule has 0 atom stereocenters. The Morgan fingerprint density at radius 2 is 2.21 bits per heavy atom. The maximum atomic E-state index is 11.8. The van der Waals surface area contributed by atoms with Crippen LogP contribution in [0.5, 0.6) is 5.88 Å². The van der Waals surface area contributed by atoms with Crippen LogP contribution in [0.3, 0.4) is 0 Å². The van der Waals surface area contributed by atoms with E-state index in [-0.39, 0.29) is 5.56 Å². The van der Waals surface area contributed by atoms with Gasteiger partial charge in [-0.05, 0) is 28.4 Å². The second-order valence-electron chi connectivity index (χ2n) is 4.01. The van der Waals surface area contributed by atoms with E-state index in [1.54, 1.807) is 19.4 Å². The molecule has 2 aromatic heterocycles. The molecule has 0 aromatic carbocycles. The Morgan fingerprint density at radius 1 is 1.42 bits per heavy atom. The van der Waals surface area contributed by atoms with Crippen molar-refractivity contribution < 1.29 is 4.74 Å². The van der Waals surface area contributed by atoms with Gasteiger partial charge in [-0.2, -0.15) is 0 Å². The average Bonchev–Trinajstić information content (AvgIpc) is 2.44. The predicted molar refractivity (Wildman–Crippen MR) is 76.3 cm³/mol.